The molecule has 5 nitrogen and oxygen atoms in total. The number of fused-ring (bicyclic) bond motifs is 2. The Kier molecular flexibility index (Phi) is 2.74. The van der Waals surface area contributed by atoms with E-state index < -0.39 is 0 Å². The van der Waals surface area contributed by atoms with Gasteiger partial charge in [0.15, 0.2) is 11.5 Å². The average Bonchev–Trinajstić information content (AvgIpc) is 2.40. The van der Waals surface area contributed by atoms with Crippen LogP contribution >= 0.6 is 0 Å². The lowest BCUT2D eigenvalue weighted by Crippen LogP contribution is -2.40. The summed E-state index contributed by atoms with van der Waals surface area (Å²) in [6, 6.07) is 3.81. The topological polar surface area (TPSA) is 50.8 Å². The van der Waals surface area contributed by atoms with Crippen LogP contribution in [0.1, 0.15) is 13.3 Å². The molecule has 96 valence electrons. The number of nitrogens with zero attached hydrogens (tertiary/aromatic N) is 1. The maximum Gasteiger partial charge on any atom is 0.246 e. The van der Waals surface area contributed by atoms with Gasteiger partial charge in [0.2, 0.25) is 5.91 Å². The van der Waals surface area contributed by atoms with Gasteiger partial charge in [0.1, 0.15) is 13.2 Å². The Morgan fingerprint density at radius 1 is 1.28 bits per heavy atom. The van der Waals surface area contributed by atoms with Gasteiger partial charge in [-0.1, -0.05) is 6.92 Å². The molecule has 0 bridgehead atoms. The summed E-state index contributed by atoms with van der Waals surface area (Å²) in [5, 5.41) is 3.12. The third-order valence-corrected chi connectivity index (χ3v) is 3.13. The monoisotopic (exact) mass is 248 g/mol. The predicted molar refractivity (Wildman–Crippen MR) is 68.6 cm³/mol. The molecule has 5 heteroatoms. The molecule has 1 N–H and O–H groups in total. The first-order chi connectivity index (χ1) is 8.79. The van der Waals surface area contributed by atoms with Crippen molar-refractivity contribution < 1.29 is 14.3 Å². The normalized spacial score (nSPS) is 17.2. The summed E-state index contributed by atoms with van der Waals surface area (Å²) in [4.78, 5) is 13.7. The quantitative estimate of drug-likeness (QED) is 0.864. The highest BCUT2D eigenvalue weighted by Crippen LogP contribution is 2.41. The second kappa shape index (κ2) is 4.40. The summed E-state index contributed by atoms with van der Waals surface area (Å²) < 4.78 is 11.1. The van der Waals surface area contributed by atoms with Gasteiger partial charge < -0.3 is 19.7 Å². The summed E-state index contributed by atoms with van der Waals surface area (Å²) in [5.74, 6) is 1.57. The van der Waals surface area contributed by atoms with Crippen molar-refractivity contribution >= 4 is 17.3 Å². The molecular weight excluding hydrogens is 232 g/mol. The van der Waals surface area contributed by atoms with E-state index in [2.05, 4.69) is 12.2 Å². The molecule has 2 heterocycles. The standard InChI is InChI=1S/C13H16N2O3/c1-2-3-15-10-7-12-11(17-4-5-18-12)6-9(10)14-8-13(15)16/h6-7,14H,2-5,8H2,1H3. The fourth-order valence-electron chi connectivity index (χ4n) is 2.31. The van der Waals surface area contributed by atoms with Crippen LogP contribution < -0.4 is 19.7 Å². The van der Waals surface area contributed by atoms with E-state index >= 15 is 0 Å². The maximum absolute atomic E-state index is 11.9. The Balaban J connectivity index is 2.03. The van der Waals surface area contributed by atoms with Gasteiger partial charge in [-0.3, -0.25) is 4.79 Å². The van der Waals surface area contributed by atoms with Crippen LogP contribution in [0.15, 0.2) is 12.1 Å². The lowest BCUT2D eigenvalue weighted by Gasteiger charge is -2.31. The number of carbonyl (C=O) groups excluding carboxylic acids is 1. The Labute approximate surface area is 106 Å². The molecule has 0 saturated heterocycles. The van der Waals surface area contributed by atoms with Crippen LogP contribution in [0.25, 0.3) is 0 Å². The number of hydrogen-bond acceptors (Lipinski definition) is 4. The van der Waals surface area contributed by atoms with Crippen molar-refractivity contribution in [3.63, 3.8) is 0 Å². The molecule has 1 aromatic carbocycles. The summed E-state index contributed by atoms with van der Waals surface area (Å²) in [6.45, 7) is 4.26. The van der Waals surface area contributed by atoms with Crippen LogP contribution in [-0.2, 0) is 4.79 Å². The molecule has 2 aliphatic heterocycles. The molecule has 0 fully saturated rings. The van der Waals surface area contributed by atoms with Crippen molar-refractivity contribution in [3.05, 3.63) is 12.1 Å². The van der Waals surface area contributed by atoms with E-state index in [0.717, 1.165) is 35.8 Å². The zero-order chi connectivity index (χ0) is 12.5. The van der Waals surface area contributed by atoms with E-state index in [1.54, 1.807) is 0 Å². The fraction of sp³-hybridized carbons (Fsp3) is 0.462. The van der Waals surface area contributed by atoms with Crippen LogP contribution in [0.5, 0.6) is 11.5 Å². The van der Waals surface area contributed by atoms with Crippen molar-refractivity contribution in [2.45, 2.75) is 13.3 Å². The van der Waals surface area contributed by atoms with Gasteiger partial charge in [-0.2, -0.15) is 0 Å². The highest BCUT2D eigenvalue weighted by Gasteiger charge is 2.26. The zero-order valence-corrected chi connectivity index (χ0v) is 10.4. The minimum atomic E-state index is 0.0982. The van der Waals surface area contributed by atoms with Crippen molar-refractivity contribution in [1.29, 1.82) is 0 Å². The van der Waals surface area contributed by atoms with Crippen molar-refractivity contribution in [2.75, 3.05) is 36.5 Å². The Hall–Kier alpha value is -1.91. The maximum atomic E-state index is 11.9. The molecule has 0 saturated carbocycles. The molecule has 0 spiro atoms. The lowest BCUT2D eigenvalue weighted by atomic mass is 10.1. The summed E-state index contributed by atoms with van der Waals surface area (Å²) in [7, 11) is 0. The number of nitrogens with one attached hydrogen (secondary N) is 1. The molecular formula is C13H16N2O3. The average molecular weight is 248 g/mol. The molecule has 18 heavy (non-hydrogen) atoms. The first-order valence-electron chi connectivity index (χ1n) is 6.27. The van der Waals surface area contributed by atoms with E-state index in [4.69, 9.17) is 9.47 Å². The van der Waals surface area contributed by atoms with E-state index in [1.165, 1.54) is 0 Å². The van der Waals surface area contributed by atoms with Gasteiger partial charge in [-0.25, -0.2) is 0 Å². The predicted octanol–water partition coefficient (Wildman–Crippen LogP) is 1.63. The minimum absolute atomic E-state index is 0.0982. The largest absolute Gasteiger partial charge is 0.486 e. The van der Waals surface area contributed by atoms with E-state index in [0.29, 0.717) is 19.8 Å². The molecule has 1 amide bonds. The number of anilines is 2. The van der Waals surface area contributed by atoms with Crippen LogP contribution in [0.4, 0.5) is 11.4 Å². The molecule has 1 aromatic rings. The third kappa shape index (κ3) is 1.75. The number of carbonyl (C=O) groups is 1. The number of amides is 1. The first-order valence-corrected chi connectivity index (χ1v) is 6.27. The number of benzene rings is 1. The van der Waals surface area contributed by atoms with E-state index in [9.17, 15) is 4.79 Å². The van der Waals surface area contributed by atoms with Crippen molar-refractivity contribution in [3.8, 4) is 11.5 Å². The van der Waals surface area contributed by atoms with Gasteiger partial charge in [0.05, 0.1) is 17.9 Å². The second-order valence-electron chi connectivity index (χ2n) is 4.41. The molecule has 3 rings (SSSR count). The Bertz CT molecular complexity index is 487. The molecule has 0 aromatic heterocycles. The molecule has 2 aliphatic rings. The minimum Gasteiger partial charge on any atom is -0.486 e. The fourth-order valence-corrected chi connectivity index (χ4v) is 2.31. The van der Waals surface area contributed by atoms with Crippen molar-refractivity contribution in [2.24, 2.45) is 0 Å². The Morgan fingerprint density at radius 3 is 2.72 bits per heavy atom. The summed E-state index contributed by atoms with van der Waals surface area (Å²) >= 11 is 0. The highest BCUT2D eigenvalue weighted by molar-refractivity contribution is 6.03. The van der Waals surface area contributed by atoms with E-state index in [-0.39, 0.29) is 5.91 Å². The smallest absolute Gasteiger partial charge is 0.246 e. The van der Waals surface area contributed by atoms with Gasteiger partial charge in [-0.05, 0) is 6.42 Å². The zero-order valence-electron chi connectivity index (χ0n) is 10.4. The van der Waals surface area contributed by atoms with Gasteiger partial charge in [-0.15, -0.1) is 0 Å². The number of rotatable bonds is 2. The van der Waals surface area contributed by atoms with Crippen molar-refractivity contribution in [1.82, 2.24) is 0 Å². The number of hydrogen-bond donors (Lipinski definition) is 1. The van der Waals surface area contributed by atoms with Crippen LogP contribution in [0.3, 0.4) is 0 Å². The summed E-state index contributed by atoms with van der Waals surface area (Å²) in [6.07, 6.45) is 0.930. The SMILES string of the molecule is CCCN1C(=O)CNc2cc3c(cc21)OCCO3. The summed E-state index contributed by atoms with van der Waals surface area (Å²) in [5.41, 5.74) is 1.82. The molecule has 0 aliphatic carbocycles. The lowest BCUT2D eigenvalue weighted by molar-refractivity contribution is -0.117. The third-order valence-electron chi connectivity index (χ3n) is 3.13. The van der Waals surface area contributed by atoms with Gasteiger partial charge in [0, 0.05) is 18.7 Å². The molecule has 0 radical (unpaired) electrons. The van der Waals surface area contributed by atoms with Crippen LogP contribution in [-0.4, -0.2) is 32.2 Å². The van der Waals surface area contributed by atoms with Gasteiger partial charge in [0.25, 0.3) is 0 Å². The van der Waals surface area contributed by atoms with E-state index in [1.807, 2.05) is 17.0 Å². The molecule has 0 atom stereocenters. The second-order valence-corrected chi connectivity index (χ2v) is 4.41. The highest BCUT2D eigenvalue weighted by atomic mass is 16.6. The molecule has 0 unspecified atom stereocenters. The Morgan fingerprint density at radius 2 is 2.00 bits per heavy atom. The van der Waals surface area contributed by atoms with Gasteiger partial charge >= 0.3 is 0 Å². The van der Waals surface area contributed by atoms with Crippen LogP contribution in [0, 0.1) is 0 Å². The first kappa shape index (κ1) is 11.2. The van der Waals surface area contributed by atoms with Crippen LogP contribution in [0.2, 0.25) is 0 Å². The number of ether oxygens (including phenoxy) is 2.